The molecule has 134 valence electrons. The van der Waals surface area contributed by atoms with Gasteiger partial charge in [0.1, 0.15) is 6.10 Å². The fraction of sp³-hybridized carbons (Fsp3) is 0.765. The molecule has 0 radical (unpaired) electrons. The first-order chi connectivity index (χ1) is 11.2. The Morgan fingerprint density at radius 3 is 2.79 bits per heavy atom. The minimum absolute atomic E-state index is 0.0325. The summed E-state index contributed by atoms with van der Waals surface area (Å²) in [5.41, 5.74) is 1.06. The Morgan fingerprint density at radius 1 is 1.46 bits per heavy atom. The summed E-state index contributed by atoms with van der Waals surface area (Å²) in [6, 6.07) is 0. The van der Waals surface area contributed by atoms with Crippen molar-refractivity contribution in [3.05, 3.63) is 17.0 Å². The van der Waals surface area contributed by atoms with Gasteiger partial charge in [0.05, 0.1) is 18.2 Å². The number of halogens is 2. The molecule has 1 aliphatic heterocycles. The number of carbonyl (C=O) groups excluding carboxylic acids is 1. The standard InChI is InChI=1S/C17H24F2N2O3/c1-9-12(10(2)21(20-9)16(18)19)8-13(22)24-15-11-6-5-7-23-14(11)17(15,3)4/h11,14-16H,5-8H2,1-4H3/t11-,14+,15+/m0/s1. The molecule has 0 N–H and O–H groups in total. The van der Waals surface area contributed by atoms with Crippen molar-refractivity contribution in [2.45, 2.75) is 65.7 Å². The second kappa shape index (κ2) is 6.10. The van der Waals surface area contributed by atoms with E-state index in [0.29, 0.717) is 21.6 Å². The van der Waals surface area contributed by atoms with Gasteiger partial charge in [-0.15, -0.1) is 0 Å². The van der Waals surface area contributed by atoms with Crippen LogP contribution in [0.15, 0.2) is 0 Å². The summed E-state index contributed by atoms with van der Waals surface area (Å²) in [7, 11) is 0. The van der Waals surface area contributed by atoms with Crippen molar-refractivity contribution in [3.63, 3.8) is 0 Å². The predicted octanol–water partition coefficient (Wildman–Crippen LogP) is 3.18. The van der Waals surface area contributed by atoms with Crippen molar-refractivity contribution in [2.75, 3.05) is 6.61 Å². The Labute approximate surface area is 140 Å². The van der Waals surface area contributed by atoms with E-state index in [1.165, 1.54) is 0 Å². The highest BCUT2D eigenvalue weighted by molar-refractivity contribution is 5.73. The number of hydrogen-bond acceptors (Lipinski definition) is 4. The van der Waals surface area contributed by atoms with Gasteiger partial charge in [0.25, 0.3) is 0 Å². The first kappa shape index (κ1) is 17.3. The molecule has 1 saturated heterocycles. The number of hydrogen-bond donors (Lipinski definition) is 0. The number of nitrogens with zero attached hydrogens (tertiary/aromatic N) is 2. The summed E-state index contributed by atoms with van der Waals surface area (Å²) in [5.74, 6) is -0.152. The monoisotopic (exact) mass is 342 g/mol. The molecule has 1 aromatic rings. The molecule has 7 heteroatoms. The zero-order chi connectivity index (χ0) is 17.6. The lowest BCUT2D eigenvalue weighted by Gasteiger charge is -2.58. The van der Waals surface area contributed by atoms with Crippen LogP contribution >= 0.6 is 0 Å². The summed E-state index contributed by atoms with van der Waals surface area (Å²) >= 11 is 0. The van der Waals surface area contributed by atoms with Crippen molar-refractivity contribution < 1.29 is 23.0 Å². The van der Waals surface area contributed by atoms with Gasteiger partial charge in [-0.25, -0.2) is 4.68 Å². The normalized spacial score (nSPS) is 28.4. The lowest BCUT2D eigenvalue weighted by molar-refractivity contribution is -0.254. The van der Waals surface area contributed by atoms with Crippen molar-refractivity contribution in [1.29, 1.82) is 0 Å². The lowest BCUT2D eigenvalue weighted by Crippen LogP contribution is -2.65. The van der Waals surface area contributed by atoms with Crippen molar-refractivity contribution in [3.8, 4) is 0 Å². The van der Waals surface area contributed by atoms with Gasteiger partial charge in [-0.1, -0.05) is 13.8 Å². The SMILES string of the molecule is Cc1nn(C(F)F)c(C)c1CC(=O)O[C@@H]1[C@H]2CCCO[C@H]2C1(C)C. The number of ether oxygens (including phenoxy) is 2. The van der Waals surface area contributed by atoms with Crippen LogP contribution in [-0.4, -0.2) is 34.6 Å². The van der Waals surface area contributed by atoms with Crippen LogP contribution in [0.4, 0.5) is 8.78 Å². The maximum absolute atomic E-state index is 12.9. The van der Waals surface area contributed by atoms with E-state index < -0.39 is 12.5 Å². The molecule has 2 aliphatic rings. The zero-order valence-electron chi connectivity index (χ0n) is 14.5. The molecule has 3 atom stereocenters. The highest BCUT2D eigenvalue weighted by Gasteiger charge is 2.60. The molecule has 1 aromatic heterocycles. The van der Waals surface area contributed by atoms with Crippen LogP contribution in [0.5, 0.6) is 0 Å². The largest absolute Gasteiger partial charge is 0.461 e. The van der Waals surface area contributed by atoms with Gasteiger partial charge in [-0.3, -0.25) is 4.79 Å². The average Bonchev–Trinajstić information content (AvgIpc) is 2.81. The number of esters is 1. The topological polar surface area (TPSA) is 53.4 Å². The van der Waals surface area contributed by atoms with Crippen LogP contribution in [0.3, 0.4) is 0 Å². The second-order valence-corrected chi connectivity index (χ2v) is 7.38. The molecule has 0 unspecified atom stereocenters. The van der Waals surface area contributed by atoms with E-state index in [4.69, 9.17) is 9.47 Å². The van der Waals surface area contributed by atoms with Crippen LogP contribution in [0.1, 0.15) is 50.2 Å². The number of alkyl halides is 2. The molecule has 2 heterocycles. The van der Waals surface area contributed by atoms with E-state index >= 15 is 0 Å². The molecule has 1 saturated carbocycles. The fourth-order valence-electron chi connectivity index (χ4n) is 4.19. The van der Waals surface area contributed by atoms with Gasteiger partial charge < -0.3 is 9.47 Å². The minimum Gasteiger partial charge on any atom is -0.461 e. The van der Waals surface area contributed by atoms with E-state index in [9.17, 15) is 13.6 Å². The summed E-state index contributed by atoms with van der Waals surface area (Å²) < 4.78 is 37.9. The van der Waals surface area contributed by atoms with Crippen LogP contribution in [0.2, 0.25) is 0 Å². The molecule has 2 fully saturated rings. The second-order valence-electron chi connectivity index (χ2n) is 7.38. The molecular weight excluding hydrogens is 318 g/mol. The smallest absolute Gasteiger partial charge is 0.333 e. The maximum Gasteiger partial charge on any atom is 0.333 e. The zero-order valence-corrected chi connectivity index (χ0v) is 14.5. The Kier molecular flexibility index (Phi) is 4.40. The van der Waals surface area contributed by atoms with E-state index in [0.717, 1.165) is 19.4 Å². The van der Waals surface area contributed by atoms with E-state index in [1.54, 1.807) is 13.8 Å². The van der Waals surface area contributed by atoms with Gasteiger partial charge in [0, 0.05) is 29.2 Å². The maximum atomic E-state index is 12.9. The van der Waals surface area contributed by atoms with E-state index in [1.807, 2.05) is 13.8 Å². The van der Waals surface area contributed by atoms with Gasteiger partial charge in [0.15, 0.2) is 0 Å². The molecule has 0 amide bonds. The molecule has 1 aliphatic carbocycles. The van der Waals surface area contributed by atoms with E-state index in [2.05, 4.69) is 5.10 Å². The van der Waals surface area contributed by atoms with Crippen molar-refractivity contribution in [2.24, 2.45) is 11.3 Å². The van der Waals surface area contributed by atoms with E-state index in [-0.39, 0.29) is 30.0 Å². The van der Waals surface area contributed by atoms with Crippen LogP contribution < -0.4 is 0 Å². The Balaban J connectivity index is 1.68. The molecule has 0 bridgehead atoms. The fourth-order valence-corrected chi connectivity index (χ4v) is 4.19. The van der Waals surface area contributed by atoms with Crippen molar-refractivity contribution >= 4 is 5.97 Å². The van der Waals surface area contributed by atoms with Crippen LogP contribution in [0.25, 0.3) is 0 Å². The summed E-state index contributed by atoms with van der Waals surface area (Å²) in [6.07, 6.45) is 1.89. The Bertz CT molecular complexity index is 642. The quantitative estimate of drug-likeness (QED) is 0.789. The number of carbonyl (C=O) groups is 1. The molecule has 3 rings (SSSR count). The Morgan fingerprint density at radius 2 is 2.17 bits per heavy atom. The third-order valence-corrected chi connectivity index (χ3v) is 5.46. The number of rotatable bonds is 4. The number of aryl methyl sites for hydroxylation is 1. The minimum atomic E-state index is -2.71. The highest BCUT2D eigenvalue weighted by Crippen LogP contribution is 2.53. The number of aromatic nitrogens is 2. The van der Waals surface area contributed by atoms with Gasteiger partial charge in [0.2, 0.25) is 0 Å². The summed E-state index contributed by atoms with van der Waals surface area (Å²) in [4.78, 5) is 12.4. The third kappa shape index (κ3) is 2.72. The number of fused-ring (bicyclic) bond motifs is 1. The molecule has 5 nitrogen and oxygen atoms in total. The molecule has 24 heavy (non-hydrogen) atoms. The van der Waals surface area contributed by atoms with Gasteiger partial charge >= 0.3 is 12.5 Å². The predicted molar refractivity (Wildman–Crippen MR) is 82.8 cm³/mol. The van der Waals surface area contributed by atoms with Crippen LogP contribution in [0, 0.1) is 25.2 Å². The van der Waals surface area contributed by atoms with Crippen molar-refractivity contribution in [1.82, 2.24) is 9.78 Å². The Hall–Kier alpha value is -1.50. The first-order valence-electron chi connectivity index (χ1n) is 8.37. The van der Waals surface area contributed by atoms with Crippen LogP contribution in [-0.2, 0) is 20.7 Å². The molecular formula is C17H24F2N2O3. The van der Waals surface area contributed by atoms with Gasteiger partial charge in [-0.2, -0.15) is 13.9 Å². The summed E-state index contributed by atoms with van der Waals surface area (Å²) in [6.45, 7) is 5.32. The summed E-state index contributed by atoms with van der Waals surface area (Å²) in [5, 5.41) is 3.81. The van der Waals surface area contributed by atoms with Gasteiger partial charge in [-0.05, 0) is 26.7 Å². The lowest BCUT2D eigenvalue weighted by atomic mass is 9.57. The third-order valence-electron chi connectivity index (χ3n) is 5.46. The first-order valence-corrected chi connectivity index (χ1v) is 8.37. The highest BCUT2D eigenvalue weighted by atomic mass is 19.3. The average molecular weight is 342 g/mol. The molecule has 0 aromatic carbocycles. The molecule has 0 spiro atoms.